The molecule has 50 valence electrons. The van der Waals surface area contributed by atoms with Gasteiger partial charge in [0.05, 0.1) is 0 Å². The van der Waals surface area contributed by atoms with E-state index in [1.807, 2.05) is 11.8 Å². The van der Waals surface area contributed by atoms with Crippen molar-refractivity contribution in [1.82, 2.24) is 0 Å². The van der Waals surface area contributed by atoms with Crippen LogP contribution >= 0.6 is 11.8 Å². The van der Waals surface area contributed by atoms with E-state index in [1.165, 1.54) is 12.0 Å². The summed E-state index contributed by atoms with van der Waals surface area (Å²) in [7, 11) is 0. The Morgan fingerprint density at radius 1 is 1.67 bits per heavy atom. The van der Waals surface area contributed by atoms with Gasteiger partial charge in [-0.25, -0.2) is 0 Å². The summed E-state index contributed by atoms with van der Waals surface area (Å²) in [6, 6.07) is 0. The number of hydrogen-bond donors (Lipinski definition) is 0. The van der Waals surface area contributed by atoms with Crippen molar-refractivity contribution in [3.8, 4) is 0 Å². The summed E-state index contributed by atoms with van der Waals surface area (Å²) in [6.07, 6.45) is 10.1. The summed E-state index contributed by atoms with van der Waals surface area (Å²) in [5, 5.41) is 0.730. The number of rotatable bonds is 1. The summed E-state index contributed by atoms with van der Waals surface area (Å²) in [5.41, 5.74) is 1.40. The van der Waals surface area contributed by atoms with Crippen LogP contribution in [0.5, 0.6) is 0 Å². The maximum absolute atomic E-state index is 2.29. The van der Waals surface area contributed by atoms with Gasteiger partial charge in [0.25, 0.3) is 0 Å². The van der Waals surface area contributed by atoms with E-state index < -0.39 is 0 Å². The first-order chi connectivity index (χ1) is 4.33. The SMILES string of the molecule is CSC1C=CC(C)=CC1. The molecule has 0 heterocycles. The fraction of sp³-hybridized carbons (Fsp3) is 0.500. The standard InChI is InChI=1S/C8H12S/c1-7-3-5-8(9-2)6-4-7/h3-5,8H,6H2,1-2H3. The Labute approximate surface area is 61.0 Å². The molecular formula is C8H12S. The molecule has 0 aromatic carbocycles. The van der Waals surface area contributed by atoms with E-state index in [0.29, 0.717) is 0 Å². The molecular weight excluding hydrogens is 128 g/mol. The van der Waals surface area contributed by atoms with Gasteiger partial charge in [-0.1, -0.05) is 23.8 Å². The van der Waals surface area contributed by atoms with Crippen LogP contribution in [-0.2, 0) is 0 Å². The van der Waals surface area contributed by atoms with Gasteiger partial charge in [-0.2, -0.15) is 11.8 Å². The lowest BCUT2D eigenvalue weighted by Crippen LogP contribution is -1.98. The zero-order valence-corrected chi connectivity index (χ0v) is 6.74. The highest BCUT2D eigenvalue weighted by atomic mass is 32.2. The van der Waals surface area contributed by atoms with E-state index in [2.05, 4.69) is 31.4 Å². The summed E-state index contributed by atoms with van der Waals surface area (Å²) in [4.78, 5) is 0. The van der Waals surface area contributed by atoms with Gasteiger partial charge in [0.2, 0.25) is 0 Å². The molecule has 0 saturated carbocycles. The molecule has 0 saturated heterocycles. The van der Waals surface area contributed by atoms with Gasteiger partial charge in [0.15, 0.2) is 0 Å². The highest BCUT2D eigenvalue weighted by Crippen LogP contribution is 2.19. The molecule has 0 bridgehead atoms. The molecule has 0 N–H and O–H groups in total. The van der Waals surface area contributed by atoms with Gasteiger partial charge in [-0.15, -0.1) is 0 Å². The van der Waals surface area contributed by atoms with Crippen molar-refractivity contribution in [3.63, 3.8) is 0 Å². The molecule has 1 heteroatoms. The second kappa shape index (κ2) is 3.11. The Bertz CT molecular complexity index is 145. The van der Waals surface area contributed by atoms with Gasteiger partial charge in [-0.3, -0.25) is 0 Å². The largest absolute Gasteiger partial charge is 0.158 e. The Morgan fingerprint density at radius 2 is 2.44 bits per heavy atom. The molecule has 1 atom stereocenters. The zero-order chi connectivity index (χ0) is 6.69. The van der Waals surface area contributed by atoms with Gasteiger partial charge in [0, 0.05) is 5.25 Å². The topological polar surface area (TPSA) is 0 Å². The summed E-state index contributed by atoms with van der Waals surface area (Å²) < 4.78 is 0. The molecule has 1 unspecified atom stereocenters. The predicted molar refractivity (Wildman–Crippen MR) is 44.8 cm³/mol. The maximum Gasteiger partial charge on any atom is 0.0262 e. The van der Waals surface area contributed by atoms with E-state index in [9.17, 15) is 0 Å². The fourth-order valence-corrected chi connectivity index (χ4v) is 1.41. The third-order valence-corrected chi connectivity index (χ3v) is 2.50. The minimum atomic E-state index is 0.730. The van der Waals surface area contributed by atoms with E-state index in [0.717, 1.165) is 5.25 Å². The van der Waals surface area contributed by atoms with Crippen molar-refractivity contribution in [3.05, 3.63) is 23.8 Å². The monoisotopic (exact) mass is 140 g/mol. The second-order valence-electron chi connectivity index (χ2n) is 2.32. The Kier molecular flexibility index (Phi) is 2.40. The van der Waals surface area contributed by atoms with Crippen LogP contribution in [-0.4, -0.2) is 11.5 Å². The van der Waals surface area contributed by atoms with E-state index in [1.54, 1.807) is 0 Å². The van der Waals surface area contributed by atoms with Crippen LogP contribution in [0, 0.1) is 0 Å². The lowest BCUT2D eigenvalue weighted by molar-refractivity contribution is 1.04. The van der Waals surface area contributed by atoms with Crippen LogP contribution in [0.25, 0.3) is 0 Å². The van der Waals surface area contributed by atoms with Crippen molar-refractivity contribution in [1.29, 1.82) is 0 Å². The van der Waals surface area contributed by atoms with E-state index in [4.69, 9.17) is 0 Å². The molecule has 0 aliphatic heterocycles. The molecule has 0 aromatic heterocycles. The van der Waals surface area contributed by atoms with E-state index >= 15 is 0 Å². The van der Waals surface area contributed by atoms with Crippen LogP contribution in [0.2, 0.25) is 0 Å². The average molecular weight is 140 g/mol. The number of allylic oxidation sites excluding steroid dienone is 3. The predicted octanol–water partition coefficient (Wildman–Crippen LogP) is 2.62. The molecule has 0 aromatic rings. The maximum atomic E-state index is 2.29. The Morgan fingerprint density at radius 3 is 2.89 bits per heavy atom. The molecule has 9 heavy (non-hydrogen) atoms. The third-order valence-electron chi connectivity index (χ3n) is 1.55. The Balaban J connectivity index is 2.48. The van der Waals surface area contributed by atoms with Gasteiger partial charge >= 0.3 is 0 Å². The first-order valence-corrected chi connectivity index (χ1v) is 4.49. The van der Waals surface area contributed by atoms with Crippen LogP contribution in [0.3, 0.4) is 0 Å². The second-order valence-corrected chi connectivity index (χ2v) is 3.39. The van der Waals surface area contributed by atoms with Crippen LogP contribution in [0.4, 0.5) is 0 Å². The minimum Gasteiger partial charge on any atom is -0.158 e. The van der Waals surface area contributed by atoms with Crippen molar-refractivity contribution in [2.75, 3.05) is 6.26 Å². The normalized spacial score (nSPS) is 26.0. The molecule has 0 spiro atoms. The molecule has 0 fully saturated rings. The van der Waals surface area contributed by atoms with Crippen LogP contribution < -0.4 is 0 Å². The third kappa shape index (κ3) is 1.90. The zero-order valence-electron chi connectivity index (χ0n) is 5.92. The minimum absolute atomic E-state index is 0.730. The van der Waals surface area contributed by atoms with Crippen molar-refractivity contribution in [2.24, 2.45) is 0 Å². The fourth-order valence-electron chi connectivity index (χ4n) is 0.883. The number of thioether (sulfide) groups is 1. The highest BCUT2D eigenvalue weighted by Gasteiger charge is 2.02. The quantitative estimate of drug-likeness (QED) is 0.539. The van der Waals surface area contributed by atoms with Gasteiger partial charge in [-0.05, 0) is 19.6 Å². The Hall–Kier alpha value is -0.170. The lowest BCUT2D eigenvalue weighted by atomic mass is 10.1. The lowest BCUT2D eigenvalue weighted by Gasteiger charge is -2.10. The van der Waals surface area contributed by atoms with Crippen molar-refractivity contribution >= 4 is 11.8 Å². The van der Waals surface area contributed by atoms with Crippen LogP contribution in [0.1, 0.15) is 13.3 Å². The summed E-state index contributed by atoms with van der Waals surface area (Å²) in [6.45, 7) is 2.15. The first kappa shape index (κ1) is 6.94. The molecule has 0 radical (unpaired) electrons. The molecule has 1 aliphatic rings. The smallest absolute Gasteiger partial charge is 0.0262 e. The number of hydrogen-bond acceptors (Lipinski definition) is 1. The first-order valence-electron chi connectivity index (χ1n) is 3.20. The molecule has 1 rings (SSSR count). The molecule has 1 aliphatic carbocycles. The summed E-state index contributed by atoms with van der Waals surface area (Å²) in [5.74, 6) is 0. The van der Waals surface area contributed by atoms with E-state index in [-0.39, 0.29) is 0 Å². The highest BCUT2D eigenvalue weighted by molar-refractivity contribution is 7.99. The van der Waals surface area contributed by atoms with Crippen LogP contribution in [0.15, 0.2) is 23.8 Å². The van der Waals surface area contributed by atoms with Gasteiger partial charge < -0.3 is 0 Å². The van der Waals surface area contributed by atoms with Gasteiger partial charge in [0.1, 0.15) is 0 Å². The summed E-state index contributed by atoms with van der Waals surface area (Å²) >= 11 is 1.92. The van der Waals surface area contributed by atoms with Crippen molar-refractivity contribution < 1.29 is 0 Å². The van der Waals surface area contributed by atoms with Crippen molar-refractivity contribution in [2.45, 2.75) is 18.6 Å². The molecule has 0 amide bonds. The average Bonchev–Trinajstić information content (AvgIpc) is 1.90. The molecule has 0 nitrogen and oxygen atoms in total.